The number of anilines is 6. The number of aromatic nitrogens is 6. The molecule has 22 nitrogen and oxygen atoms in total. The predicted octanol–water partition coefficient (Wildman–Crippen LogP) is 6.19. The highest BCUT2D eigenvalue weighted by atomic mass is 35.5. The zero-order valence-corrected chi connectivity index (χ0v) is 48.2. The number of aliphatic carboxylic acids is 1. The largest absolute Gasteiger partial charge is 0.481 e. The van der Waals surface area contributed by atoms with E-state index in [9.17, 15) is 39.6 Å². The van der Waals surface area contributed by atoms with Gasteiger partial charge in [-0.1, -0.05) is 54.6 Å². The van der Waals surface area contributed by atoms with Gasteiger partial charge < -0.3 is 22.3 Å². The Morgan fingerprint density at radius 1 is 0.525 bits per heavy atom. The van der Waals surface area contributed by atoms with Gasteiger partial charge in [-0.3, -0.25) is 32.4 Å². The van der Waals surface area contributed by atoms with Crippen LogP contribution < -0.4 is 30.1 Å². The third-order valence-electron chi connectivity index (χ3n) is 15.6. The number of halogens is 1. The second-order valence-corrected chi connectivity index (χ2v) is 26.6. The van der Waals surface area contributed by atoms with Crippen molar-refractivity contribution in [3.8, 4) is 0 Å². The molecule has 8 N–H and O–H groups in total. The van der Waals surface area contributed by atoms with Crippen LogP contribution in [0.3, 0.4) is 0 Å². The minimum absolute atomic E-state index is 0. The van der Waals surface area contributed by atoms with Crippen molar-refractivity contribution >= 4 is 94.8 Å². The molecule has 0 bridgehead atoms. The number of carboxylic acid groups (broad SMARTS) is 1. The number of fused-ring (bicyclic) bond motifs is 6. The first-order valence-corrected chi connectivity index (χ1v) is 32.1. The number of carbonyl (C=O) groups excluding carboxylic acids is 2. The van der Waals surface area contributed by atoms with Gasteiger partial charge in [0.2, 0.25) is 30.1 Å². The number of H-pyrrole nitrogens is 1. The van der Waals surface area contributed by atoms with Crippen LogP contribution in [0.15, 0.2) is 72.8 Å². The maximum Gasteiger partial charge on any atom is 0.311 e. The summed E-state index contributed by atoms with van der Waals surface area (Å²) in [6.45, 7) is 0.769. The number of para-hydroxylation sites is 3. The van der Waals surface area contributed by atoms with Crippen molar-refractivity contribution < 1.29 is 44.7 Å². The number of hydrogen-bond donors (Lipinski definition) is 5. The molecule has 3 unspecified atom stereocenters. The highest BCUT2D eigenvalue weighted by molar-refractivity contribution is 7.92. The van der Waals surface area contributed by atoms with Crippen LogP contribution in [0.1, 0.15) is 136 Å². The topological polar surface area (TPSA) is 326 Å². The van der Waals surface area contributed by atoms with Crippen LogP contribution in [-0.4, -0.2) is 116 Å². The first-order valence-electron chi connectivity index (χ1n) is 26.6. The molecule has 0 amide bonds. The lowest BCUT2D eigenvalue weighted by molar-refractivity contribution is -0.139. The van der Waals surface area contributed by atoms with Crippen LogP contribution in [0.5, 0.6) is 0 Å². The summed E-state index contributed by atoms with van der Waals surface area (Å²) in [5.74, 6) is -1.13. The van der Waals surface area contributed by atoms with Crippen molar-refractivity contribution in [3.63, 3.8) is 0 Å². The van der Waals surface area contributed by atoms with Gasteiger partial charge in [-0.25, -0.2) is 29.9 Å². The molecule has 6 aliphatic rings. The molecule has 12 rings (SSSR count). The molecule has 430 valence electrons. The maximum absolute atomic E-state index is 13.3. The van der Waals surface area contributed by atoms with E-state index in [1.54, 1.807) is 48.5 Å². The number of aryl methyl sites for hydroxylation is 2. The van der Waals surface area contributed by atoms with E-state index in [1.165, 1.54) is 58.9 Å². The number of hydrogen-bond acceptors (Lipinski definition) is 15. The van der Waals surface area contributed by atoms with Crippen LogP contribution >= 0.6 is 12.4 Å². The molecule has 0 fully saturated rings. The Labute approximate surface area is 472 Å². The van der Waals surface area contributed by atoms with Crippen molar-refractivity contribution in [2.45, 2.75) is 114 Å². The minimum atomic E-state index is -3.39. The van der Waals surface area contributed by atoms with Gasteiger partial charge >= 0.3 is 5.97 Å². The Hall–Kier alpha value is -6.96. The smallest absolute Gasteiger partial charge is 0.311 e. The maximum atomic E-state index is 13.3. The fourth-order valence-electron chi connectivity index (χ4n) is 11.8. The SMILES string of the molecule is CS(=O)(=O)N1CCC(C(=O)O)c2ccccc21.CS(=O)(=O)N1CCC(C(=O)n2nc(N)c3c2CCCC3)c2ccccc21.CS(=O)(=O)N1CCC(C(=O)n2nc3c(c2N)CCCC3)c2ccccc21.Cl.Nc1n[nH]c2c1CCCC2. The molecule has 3 aromatic carbocycles. The van der Waals surface area contributed by atoms with E-state index in [-0.39, 0.29) is 43.9 Å². The van der Waals surface area contributed by atoms with E-state index >= 15 is 0 Å². The number of nitrogens with zero attached hydrogens (tertiary/aromatic N) is 8. The summed E-state index contributed by atoms with van der Waals surface area (Å²) in [5, 5.41) is 24.8. The molecular weight excluding hydrogens is 1110 g/mol. The van der Waals surface area contributed by atoms with Gasteiger partial charge in [0.05, 0.1) is 65.0 Å². The first-order chi connectivity index (χ1) is 37.5. The molecule has 3 aliphatic carbocycles. The number of nitrogens with two attached hydrogens (primary N) is 3. The molecule has 0 saturated heterocycles. The second-order valence-electron chi connectivity index (χ2n) is 20.9. The quantitative estimate of drug-likeness (QED) is 0.124. The van der Waals surface area contributed by atoms with E-state index in [4.69, 9.17) is 22.3 Å². The Morgan fingerprint density at radius 3 is 1.41 bits per heavy atom. The number of nitrogen functional groups attached to an aromatic ring is 3. The number of benzene rings is 3. The average Bonchev–Trinajstić information content (AvgIpc) is 4.22. The van der Waals surface area contributed by atoms with Crippen molar-refractivity contribution in [2.75, 3.05) is 68.5 Å². The van der Waals surface area contributed by atoms with E-state index in [0.717, 1.165) is 98.5 Å². The van der Waals surface area contributed by atoms with E-state index in [1.807, 2.05) is 24.3 Å². The fraction of sp³-hybridized carbons (Fsp3) is 0.444. The van der Waals surface area contributed by atoms with E-state index in [0.29, 0.717) is 64.9 Å². The summed E-state index contributed by atoms with van der Waals surface area (Å²) in [6, 6.07) is 21.1. The Bertz CT molecular complexity index is 3660. The molecule has 3 aliphatic heterocycles. The van der Waals surface area contributed by atoms with E-state index < -0.39 is 53.8 Å². The highest BCUT2D eigenvalue weighted by Crippen LogP contribution is 2.41. The van der Waals surface area contributed by atoms with Gasteiger partial charge in [-0.05, 0) is 131 Å². The number of rotatable bonds is 6. The van der Waals surface area contributed by atoms with Crippen LogP contribution in [0.25, 0.3) is 0 Å². The molecule has 6 heterocycles. The molecule has 26 heteroatoms. The van der Waals surface area contributed by atoms with Crippen molar-refractivity contribution in [1.29, 1.82) is 0 Å². The van der Waals surface area contributed by atoms with Crippen LogP contribution in [-0.2, 0) is 73.4 Å². The molecule has 0 spiro atoms. The minimum Gasteiger partial charge on any atom is -0.481 e. The third-order valence-corrected chi connectivity index (χ3v) is 19.2. The van der Waals surface area contributed by atoms with E-state index in [2.05, 4.69) is 20.4 Å². The average molecular weight is 1180 g/mol. The Kier molecular flexibility index (Phi) is 17.8. The van der Waals surface area contributed by atoms with Crippen molar-refractivity contribution in [3.05, 3.63) is 123 Å². The molecule has 0 radical (unpaired) electrons. The summed E-state index contributed by atoms with van der Waals surface area (Å²) in [6.07, 6.45) is 17.0. The predicted molar refractivity (Wildman–Crippen MR) is 310 cm³/mol. The lowest BCUT2D eigenvalue weighted by atomic mass is 9.90. The van der Waals surface area contributed by atoms with Crippen molar-refractivity contribution in [1.82, 2.24) is 29.8 Å². The highest BCUT2D eigenvalue weighted by Gasteiger charge is 2.38. The summed E-state index contributed by atoms with van der Waals surface area (Å²) in [5.41, 5.74) is 27.8. The standard InChI is InChI=1S/2C18H22N4O3S.C11H13NO4S.C7H11N3.ClH/c1-26(24,25)21-11-10-13(12-6-3-5-9-16(12)21)18(23)22-17(19)14-7-2-4-8-15(14)20-22;1-26(24,25)21-11-10-13(12-6-2-4-8-15(12)21)18(23)22-16-9-5-3-7-14(16)17(19)20-22;1-17(15,16)12-7-6-9(11(13)14)8-4-2-3-5-10(8)12;8-7-5-3-1-2-4-6(5)9-10-7;/h3,5-6,9,13H,2,4,7-8,10-11,19H2,1H3;2,4,6,8,13H,3,5,7,9-11H2,1H3,(H2,19,20);2-5,9H,6-7H2,1H3,(H,13,14);1-4H2,(H3,8,9,10);1H. The molecule has 6 aromatic rings. The Morgan fingerprint density at radius 2 is 0.938 bits per heavy atom. The molecular formula is C54H69ClN12O10S3. The van der Waals surface area contributed by atoms with Crippen LogP contribution in [0, 0.1) is 0 Å². The number of nitrogens with one attached hydrogen (secondary N) is 1. The molecule has 0 saturated carbocycles. The zero-order valence-electron chi connectivity index (χ0n) is 45.0. The van der Waals surface area contributed by atoms with Crippen molar-refractivity contribution in [2.24, 2.45) is 0 Å². The lowest BCUT2D eigenvalue weighted by Gasteiger charge is -2.33. The molecule has 80 heavy (non-hydrogen) atoms. The number of carbonyl (C=O) groups is 3. The molecule has 3 atom stereocenters. The summed E-state index contributed by atoms with van der Waals surface area (Å²) < 4.78 is 78.4. The normalized spacial score (nSPS) is 19.1. The second kappa shape index (κ2) is 24.0. The number of aromatic amines is 1. The number of carboxylic acids is 1. The number of sulfonamides is 3. The van der Waals surface area contributed by atoms with Gasteiger partial charge in [0.1, 0.15) is 17.5 Å². The zero-order chi connectivity index (χ0) is 56.6. The third kappa shape index (κ3) is 12.2. The van der Waals surface area contributed by atoms with Gasteiger partial charge in [0.15, 0.2) is 0 Å². The molecule has 3 aromatic heterocycles. The van der Waals surface area contributed by atoms with Gasteiger partial charge in [-0.15, -0.1) is 17.5 Å². The van der Waals surface area contributed by atoms with Crippen LogP contribution in [0.4, 0.5) is 34.5 Å². The summed E-state index contributed by atoms with van der Waals surface area (Å²) in [4.78, 5) is 37.6. The fourth-order valence-corrected chi connectivity index (χ4v) is 14.6. The summed E-state index contributed by atoms with van der Waals surface area (Å²) >= 11 is 0. The summed E-state index contributed by atoms with van der Waals surface area (Å²) in [7, 11) is -10.1. The van der Waals surface area contributed by atoms with Gasteiger partial charge in [0, 0.05) is 42.0 Å². The van der Waals surface area contributed by atoms with Crippen LogP contribution in [0.2, 0.25) is 0 Å². The monoisotopic (exact) mass is 1180 g/mol. The first kappa shape index (κ1) is 59.2. The Balaban J connectivity index is 0.000000147. The van der Waals surface area contributed by atoms with Gasteiger partial charge in [0.25, 0.3) is 11.8 Å². The van der Waals surface area contributed by atoms with Gasteiger partial charge in [-0.2, -0.15) is 14.9 Å². The lowest BCUT2D eigenvalue weighted by Crippen LogP contribution is -2.38.